The third-order valence-electron chi connectivity index (χ3n) is 6.07. The van der Waals surface area contributed by atoms with Crippen LogP contribution in [0.25, 0.3) is 0 Å². The van der Waals surface area contributed by atoms with Gasteiger partial charge in [-0.1, -0.05) is 32.6 Å². The van der Waals surface area contributed by atoms with Crippen LogP contribution in [-0.4, -0.2) is 24.1 Å². The minimum Gasteiger partial charge on any atom is -0.461 e. The van der Waals surface area contributed by atoms with Crippen LogP contribution < -0.4 is 0 Å². The van der Waals surface area contributed by atoms with Gasteiger partial charge in [-0.25, -0.2) is 4.79 Å². The van der Waals surface area contributed by atoms with Crippen LogP contribution in [0, 0.1) is 17.3 Å². The first kappa shape index (κ1) is 17.0. The smallest absolute Gasteiger partial charge is 0.333 e. The number of rotatable bonds is 2. The summed E-state index contributed by atoms with van der Waals surface area (Å²) in [6.45, 7) is 11.8. The van der Waals surface area contributed by atoms with Crippen molar-refractivity contribution in [2.45, 2.75) is 59.2 Å². The number of fused-ring (bicyclic) bond motifs is 2. The summed E-state index contributed by atoms with van der Waals surface area (Å²) in [5.74, 6) is -0.913. The Morgan fingerprint density at radius 1 is 1.50 bits per heavy atom. The average Bonchev–Trinajstić information content (AvgIpc) is 3.04. The molecule has 0 aromatic heterocycles. The van der Waals surface area contributed by atoms with Crippen molar-refractivity contribution in [3.63, 3.8) is 0 Å². The number of carbonyl (C=O) groups is 2. The summed E-state index contributed by atoms with van der Waals surface area (Å²) in [4.78, 5) is 24.6. The van der Waals surface area contributed by atoms with E-state index in [1.54, 1.807) is 13.0 Å². The third-order valence-corrected chi connectivity index (χ3v) is 6.07. The number of allylic oxidation sites excluding steroid dienone is 2. The number of carbonyl (C=O) groups excluding carboxylic acids is 2. The Bertz CT molecular complexity index is 657. The molecule has 5 unspecified atom stereocenters. The predicted octanol–water partition coefficient (Wildman–Crippen LogP) is 3.73. The first-order chi connectivity index (χ1) is 11.3. The molecule has 1 saturated carbocycles. The zero-order chi connectivity index (χ0) is 17.6. The Balaban J connectivity index is 2.05. The normalized spacial score (nSPS) is 38.8. The minimum absolute atomic E-state index is 0.128. The molecular formula is C20H26O4. The van der Waals surface area contributed by atoms with Gasteiger partial charge in [0.05, 0.1) is 5.92 Å². The fourth-order valence-electron chi connectivity index (χ4n) is 4.49. The van der Waals surface area contributed by atoms with Gasteiger partial charge in [-0.2, -0.15) is 0 Å². The highest BCUT2D eigenvalue weighted by atomic mass is 16.6. The molecular weight excluding hydrogens is 304 g/mol. The fourth-order valence-corrected chi connectivity index (χ4v) is 4.49. The number of hydrogen-bond acceptors (Lipinski definition) is 4. The number of ether oxygens (including phenoxy) is 2. The molecule has 4 nitrogen and oxygen atoms in total. The lowest BCUT2D eigenvalue weighted by molar-refractivity contribution is -0.156. The van der Waals surface area contributed by atoms with E-state index >= 15 is 0 Å². The Labute approximate surface area is 143 Å². The zero-order valence-corrected chi connectivity index (χ0v) is 14.9. The van der Waals surface area contributed by atoms with Crippen molar-refractivity contribution in [2.75, 3.05) is 0 Å². The van der Waals surface area contributed by atoms with Gasteiger partial charge in [0.15, 0.2) is 0 Å². The van der Waals surface area contributed by atoms with Crippen LogP contribution in [0.4, 0.5) is 0 Å². The van der Waals surface area contributed by atoms with Crippen LogP contribution >= 0.6 is 0 Å². The predicted molar refractivity (Wildman–Crippen MR) is 91.0 cm³/mol. The van der Waals surface area contributed by atoms with Crippen molar-refractivity contribution in [3.8, 4) is 0 Å². The summed E-state index contributed by atoms with van der Waals surface area (Å²) in [6.07, 6.45) is 5.80. The van der Waals surface area contributed by atoms with Crippen LogP contribution in [-0.2, 0) is 19.1 Å². The van der Waals surface area contributed by atoms with Crippen LogP contribution in [0.15, 0.2) is 35.5 Å². The molecule has 0 aromatic carbocycles. The van der Waals surface area contributed by atoms with Crippen molar-refractivity contribution < 1.29 is 19.1 Å². The molecule has 0 amide bonds. The van der Waals surface area contributed by atoms with E-state index in [9.17, 15) is 9.59 Å². The standard InChI is InChI=1S/C20H26O4/c1-6-11(2)18(21)24-17-16-13(4)19(22)23-15(16)10-12(3)14-8-7-9-20(14,17)5/h6,8,13,15-17H,3,7,9-10H2,1-2,4-5H3. The highest BCUT2D eigenvalue weighted by Gasteiger charge is 2.58. The van der Waals surface area contributed by atoms with E-state index in [1.807, 2.05) is 13.8 Å². The molecule has 0 spiro atoms. The maximum atomic E-state index is 12.5. The highest BCUT2D eigenvalue weighted by Crippen LogP contribution is 2.55. The van der Waals surface area contributed by atoms with Gasteiger partial charge in [0.25, 0.3) is 0 Å². The molecule has 0 radical (unpaired) electrons. The summed E-state index contributed by atoms with van der Waals surface area (Å²) in [7, 11) is 0. The molecule has 0 bridgehead atoms. The fraction of sp³-hybridized carbons (Fsp3) is 0.600. The molecule has 5 atom stereocenters. The van der Waals surface area contributed by atoms with Crippen molar-refractivity contribution in [1.82, 2.24) is 0 Å². The van der Waals surface area contributed by atoms with Gasteiger partial charge < -0.3 is 9.47 Å². The lowest BCUT2D eigenvalue weighted by Gasteiger charge is -2.39. The van der Waals surface area contributed by atoms with Crippen LogP contribution in [0.5, 0.6) is 0 Å². The molecule has 130 valence electrons. The van der Waals surface area contributed by atoms with Crippen LogP contribution in [0.1, 0.15) is 47.0 Å². The van der Waals surface area contributed by atoms with Gasteiger partial charge >= 0.3 is 11.9 Å². The van der Waals surface area contributed by atoms with Crippen molar-refractivity contribution >= 4 is 11.9 Å². The van der Waals surface area contributed by atoms with E-state index in [-0.39, 0.29) is 41.4 Å². The maximum absolute atomic E-state index is 12.5. The molecule has 0 aromatic rings. The van der Waals surface area contributed by atoms with E-state index in [1.165, 1.54) is 5.57 Å². The van der Waals surface area contributed by atoms with Crippen LogP contribution in [0.2, 0.25) is 0 Å². The molecule has 4 heteroatoms. The minimum atomic E-state index is -0.376. The van der Waals surface area contributed by atoms with Crippen molar-refractivity contribution in [2.24, 2.45) is 17.3 Å². The Kier molecular flexibility index (Phi) is 4.18. The zero-order valence-electron chi connectivity index (χ0n) is 14.9. The van der Waals surface area contributed by atoms with E-state index in [0.29, 0.717) is 12.0 Å². The molecule has 2 aliphatic carbocycles. The average molecular weight is 330 g/mol. The summed E-state index contributed by atoms with van der Waals surface area (Å²) < 4.78 is 11.6. The van der Waals surface area contributed by atoms with Gasteiger partial charge in [0.2, 0.25) is 0 Å². The number of esters is 2. The SMILES string of the molecule is C=C1CC2OC(=O)C(C)C2C(OC(=O)C(C)=CC)C2(C)CCC=C12. The van der Waals surface area contributed by atoms with Gasteiger partial charge in [-0.3, -0.25) is 4.79 Å². The first-order valence-electron chi connectivity index (χ1n) is 8.72. The maximum Gasteiger partial charge on any atom is 0.333 e. The molecule has 1 heterocycles. The Hall–Kier alpha value is -1.84. The molecule has 24 heavy (non-hydrogen) atoms. The van der Waals surface area contributed by atoms with Crippen molar-refractivity contribution in [1.29, 1.82) is 0 Å². The highest BCUT2D eigenvalue weighted by molar-refractivity contribution is 5.88. The second-order valence-corrected chi connectivity index (χ2v) is 7.52. The summed E-state index contributed by atoms with van der Waals surface area (Å²) >= 11 is 0. The summed E-state index contributed by atoms with van der Waals surface area (Å²) in [6, 6.07) is 0. The lowest BCUT2D eigenvalue weighted by atomic mass is 9.70. The van der Waals surface area contributed by atoms with Gasteiger partial charge in [0, 0.05) is 23.3 Å². The second-order valence-electron chi connectivity index (χ2n) is 7.52. The van der Waals surface area contributed by atoms with Crippen molar-refractivity contribution in [3.05, 3.63) is 35.5 Å². The summed E-state index contributed by atoms with van der Waals surface area (Å²) in [5.41, 5.74) is 2.46. The molecule has 1 aliphatic heterocycles. The van der Waals surface area contributed by atoms with E-state index in [2.05, 4.69) is 19.6 Å². The monoisotopic (exact) mass is 330 g/mol. The second kappa shape index (κ2) is 5.91. The molecule has 3 aliphatic rings. The molecule has 0 N–H and O–H groups in total. The topological polar surface area (TPSA) is 52.6 Å². The van der Waals surface area contributed by atoms with Gasteiger partial charge in [-0.15, -0.1) is 0 Å². The summed E-state index contributed by atoms with van der Waals surface area (Å²) in [5, 5.41) is 0. The number of hydrogen-bond donors (Lipinski definition) is 0. The molecule has 3 rings (SSSR count). The van der Waals surface area contributed by atoms with E-state index in [4.69, 9.17) is 9.47 Å². The Morgan fingerprint density at radius 2 is 2.21 bits per heavy atom. The molecule has 1 saturated heterocycles. The van der Waals surface area contributed by atoms with E-state index in [0.717, 1.165) is 18.4 Å². The van der Waals surface area contributed by atoms with Gasteiger partial charge in [0.1, 0.15) is 12.2 Å². The molecule has 2 fully saturated rings. The Morgan fingerprint density at radius 3 is 2.88 bits per heavy atom. The quantitative estimate of drug-likeness (QED) is 0.572. The first-order valence-corrected chi connectivity index (χ1v) is 8.72. The lowest BCUT2D eigenvalue weighted by Crippen LogP contribution is -2.45. The van der Waals surface area contributed by atoms with Crippen LogP contribution in [0.3, 0.4) is 0 Å². The largest absolute Gasteiger partial charge is 0.461 e. The van der Waals surface area contributed by atoms with Gasteiger partial charge in [-0.05, 0) is 37.8 Å². The third kappa shape index (κ3) is 2.43. The van der Waals surface area contributed by atoms with E-state index < -0.39 is 0 Å².